The molecule has 0 fully saturated rings. The summed E-state index contributed by atoms with van der Waals surface area (Å²) in [7, 11) is 0. The highest BCUT2D eigenvalue weighted by molar-refractivity contribution is 5.94. The summed E-state index contributed by atoms with van der Waals surface area (Å²) >= 11 is 0. The molecule has 3 N–H and O–H groups in total. The molecular formula is C14H16N2O5. The van der Waals surface area contributed by atoms with Crippen molar-refractivity contribution in [1.29, 1.82) is 0 Å². The Kier molecular flexibility index (Phi) is 4.11. The van der Waals surface area contributed by atoms with Crippen molar-refractivity contribution < 1.29 is 24.2 Å². The van der Waals surface area contributed by atoms with E-state index in [9.17, 15) is 14.4 Å². The van der Waals surface area contributed by atoms with Crippen molar-refractivity contribution in [2.75, 3.05) is 6.54 Å². The van der Waals surface area contributed by atoms with Crippen LogP contribution in [0.1, 0.15) is 40.0 Å². The lowest BCUT2D eigenvalue weighted by atomic mass is 9.94. The minimum absolute atomic E-state index is 0.0450. The van der Waals surface area contributed by atoms with Gasteiger partial charge in [0.2, 0.25) is 5.91 Å². The molecule has 2 rings (SSSR count). The first-order valence-corrected chi connectivity index (χ1v) is 6.43. The van der Waals surface area contributed by atoms with Crippen LogP contribution in [0.3, 0.4) is 0 Å². The van der Waals surface area contributed by atoms with Gasteiger partial charge in [0.15, 0.2) is 0 Å². The minimum Gasteiger partial charge on any atom is -0.465 e. The van der Waals surface area contributed by atoms with Gasteiger partial charge in [-0.1, -0.05) is 6.07 Å². The molecule has 0 saturated carbocycles. The van der Waals surface area contributed by atoms with E-state index >= 15 is 0 Å². The van der Waals surface area contributed by atoms with Gasteiger partial charge >= 0.3 is 12.1 Å². The molecule has 0 spiro atoms. The van der Waals surface area contributed by atoms with Crippen molar-refractivity contribution in [2.45, 2.75) is 26.5 Å². The van der Waals surface area contributed by atoms with E-state index in [0.717, 1.165) is 16.7 Å². The van der Waals surface area contributed by atoms with E-state index < -0.39 is 12.1 Å². The molecule has 0 bridgehead atoms. The first kappa shape index (κ1) is 14.8. The lowest BCUT2D eigenvalue weighted by Gasteiger charge is -2.21. The summed E-state index contributed by atoms with van der Waals surface area (Å²) in [5.41, 5.74) is 2.88. The van der Waals surface area contributed by atoms with Gasteiger partial charge in [0.25, 0.3) is 0 Å². The third-order valence-electron chi connectivity index (χ3n) is 3.42. The fourth-order valence-corrected chi connectivity index (χ4v) is 2.42. The number of nitrogens with one attached hydrogen (secondary N) is 2. The van der Waals surface area contributed by atoms with Gasteiger partial charge in [-0.15, -0.1) is 0 Å². The Morgan fingerprint density at radius 1 is 1.43 bits per heavy atom. The molecule has 1 aromatic rings. The molecule has 1 atom stereocenters. The fraction of sp³-hybridized carbons (Fsp3) is 0.357. The summed E-state index contributed by atoms with van der Waals surface area (Å²) in [5.74, 6) is -0.626. The normalized spacial score (nSPS) is 14.1. The summed E-state index contributed by atoms with van der Waals surface area (Å²) in [5, 5.41) is 13.7. The van der Waals surface area contributed by atoms with Gasteiger partial charge in [-0.3, -0.25) is 4.79 Å². The van der Waals surface area contributed by atoms with E-state index in [1.807, 2.05) is 6.92 Å². The molecule has 7 heteroatoms. The molecule has 1 aromatic carbocycles. The Bertz CT molecular complexity index is 612. The maximum absolute atomic E-state index is 11.5. The van der Waals surface area contributed by atoms with Crippen LogP contribution in [-0.2, 0) is 16.1 Å². The minimum atomic E-state index is -1.16. The van der Waals surface area contributed by atoms with E-state index in [0.29, 0.717) is 5.56 Å². The number of hydrogen-bond donors (Lipinski definition) is 3. The van der Waals surface area contributed by atoms with Crippen molar-refractivity contribution in [2.24, 2.45) is 0 Å². The van der Waals surface area contributed by atoms with E-state index in [-0.39, 0.29) is 25.0 Å². The summed E-state index contributed by atoms with van der Waals surface area (Å²) < 4.78 is 4.98. The van der Waals surface area contributed by atoms with Crippen LogP contribution in [0.5, 0.6) is 0 Å². The second-order valence-corrected chi connectivity index (χ2v) is 4.82. The summed E-state index contributed by atoms with van der Waals surface area (Å²) in [6, 6.07) is 2.85. The number of carboxylic acid groups (broad SMARTS) is 1. The Labute approximate surface area is 121 Å². The highest BCUT2D eigenvalue weighted by atomic mass is 16.5. The van der Waals surface area contributed by atoms with Crippen LogP contribution >= 0.6 is 0 Å². The summed E-state index contributed by atoms with van der Waals surface area (Å²) in [6.45, 7) is 3.44. The zero-order chi connectivity index (χ0) is 15.6. The number of fused-ring (bicyclic) bond motifs is 1. The molecule has 7 nitrogen and oxygen atoms in total. The number of amides is 2. The molecule has 0 unspecified atom stereocenters. The largest absolute Gasteiger partial charge is 0.465 e. The number of carbonyl (C=O) groups is 3. The van der Waals surface area contributed by atoms with Gasteiger partial charge in [0.05, 0.1) is 11.6 Å². The molecule has 112 valence electrons. The SMILES string of the molecule is CC(=O)N[C@@H](CNC(=O)O)c1ccc2c(c1C)COC2=O. The van der Waals surface area contributed by atoms with Crippen LogP contribution in [0, 0.1) is 6.92 Å². The molecule has 2 amide bonds. The number of rotatable bonds is 4. The van der Waals surface area contributed by atoms with Gasteiger partial charge in [-0.25, -0.2) is 9.59 Å². The average molecular weight is 292 g/mol. The quantitative estimate of drug-likeness (QED) is 0.721. The number of benzene rings is 1. The second-order valence-electron chi connectivity index (χ2n) is 4.82. The molecule has 21 heavy (non-hydrogen) atoms. The number of carbonyl (C=O) groups excluding carboxylic acids is 2. The van der Waals surface area contributed by atoms with Crippen LogP contribution in [-0.4, -0.2) is 29.6 Å². The fourth-order valence-electron chi connectivity index (χ4n) is 2.42. The maximum atomic E-state index is 11.5. The Morgan fingerprint density at radius 3 is 2.76 bits per heavy atom. The highest BCUT2D eigenvalue weighted by Crippen LogP contribution is 2.28. The van der Waals surface area contributed by atoms with Gasteiger partial charge in [0, 0.05) is 19.0 Å². The highest BCUT2D eigenvalue weighted by Gasteiger charge is 2.26. The molecule has 0 saturated heterocycles. The maximum Gasteiger partial charge on any atom is 0.404 e. The predicted octanol–water partition coefficient (Wildman–Crippen LogP) is 1.11. The van der Waals surface area contributed by atoms with Crippen molar-refractivity contribution in [3.8, 4) is 0 Å². The summed E-state index contributed by atoms with van der Waals surface area (Å²) in [6.07, 6.45) is -1.16. The van der Waals surface area contributed by atoms with Crippen molar-refractivity contribution in [1.82, 2.24) is 10.6 Å². The number of ether oxygens (including phenoxy) is 1. The van der Waals surface area contributed by atoms with Gasteiger partial charge < -0.3 is 20.5 Å². The van der Waals surface area contributed by atoms with E-state index in [2.05, 4.69) is 10.6 Å². The Hall–Kier alpha value is -2.57. The Balaban J connectivity index is 2.33. The second kappa shape index (κ2) is 5.82. The molecule has 1 heterocycles. The molecule has 0 aromatic heterocycles. The van der Waals surface area contributed by atoms with Crippen LogP contribution in [0.4, 0.5) is 4.79 Å². The first-order valence-electron chi connectivity index (χ1n) is 6.43. The van der Waals surface area contributed by atoms with Crippen molar-refractivity contribution >= 4 is 18.0 Å². The number of esters is 1. The first-order chi connectivity index (χ1) is 9.90. The Morgan fingerprint density at radius 2 is 2.14 bits per heavy atom. The zero-order valence-electron chi connectivity index (χ0n) is 11.7. The molecule has 0 aliphatic carbocycles. The zero-order valence-corrected chi connectivity index (χ0v) is 11.7. The van der Waals surface area contributed by atoms with Crippen LogP contribution in [0.2, 0.25) is 0 Å². The van der Waals surface area contributed by atoms with Gasteiger partial charge in [0.1, 0.15) is 6.61 Å². The smallest absolute Gasteiger partial charge is 0.404 e. The molecular weight excluding hydrogens is 276 g/mol. The topological polar surface area (TPSA) is 105 Å². The average Bonchev–Trinajstić information content (AvgIpc) is 2.77. The van der Waals surface area contributed by atoms with Crippen molar-refractivity contribution in [3.05, 3.63) is 34.4 Å². The van der Waals surface area contributed by atoms with Crippen LogP contribution in [0.15, 0.2) is 12.1 Å². The third-order valence-corrected chi connectivity index (χ3v) is 3.42. The monoisotopic (exact) mass is 292 g/mol. The molecule has 1 aliphatic rings. The number of hydrogen-bond acceptors (Lipinski definition) is 4. The number of cyclic esters (lactones) is 1. The third kappa shape index (κ3) is 3.13. The molecule has 0 radical (unpaired) electrons. The van der Waals surface area contributed by atoms with Crippen LogP contribution < -0.4 is 10.6 Å². The predicted molar refractivity (Wildman–Crippen MR) is 72.9 cm³/mol. The van der Waals surface area contributed by atoms with Crippen molar-refractivity contribution in [3.63, 3.8) is 0 Å². The van der Waals surface area contributed by atoms with E-state index in [1.165, 1.54) is 6.92 Å². The van der Waals surface area contributed by atoms with E-state index in [1.54, 1.807) is 12.1 Å². The lowest BCUT2D eigenvalue weighted by molar-refractivity contribution is -0.119. The van der Waals surface area contributed by atoms with Gasteiger partial charge in [-0.05, 0) is 24.1 Å². The molecule has 1 aliphatic heterocycles. The lowest BCUT2D eigenvalue weighted by Crippen LogP contribution is -2.36. The summed E-state index contributed by atoms with van der Waals surface area (Å²) in [4.78, 5) is 33.5. The van der Waals surface area contributed by atoms with Crippen LogP contribution in [0.25, 0.3) is 0 Å². The van der Waals surface area contributed by atoms with Gasteiger partial charge in [-0.2, -0.15) is 0 Å². The standard InChI is InChI=1S/C14H16N2O5/c1-7-9(3-4-10-11(7)6-21-13(10)18)12(16-8(2)17)5-15-14(19)20/h3-4,12,15H,5-6H2,1-2H3,(H,16,17)(H,19,20)/t12-/m0/s1. The van der Waals surface area contributed by atoms with E-state index in [4.69, 9.17) is 9.84 Å².